The molecule has 8 N–H and O–H groups in total. The Labute approximate surface area is 182 Å². The number of nitrogens with two attached hydrogens (primary N) is 2. The van der Waals surface area contributed by atoms with Crippen molar-refractivity contribution in [2.45, 2.75) is 51.2 Å². The summed E-state index contributed by atoms with van der Waals surface area (Å²) in [6.07, 6.45) is 6.70. The highest BCUT2D eigenvalue weighted by Gasteiger charge is 2.32. The van der Waals surface area contributed by atoms with E-state index in [0.717, 1.165) is 42.5 Å². The molecule has 8 nitrogen and oxygen atoms in total. The normalized spacial score (nSPS) is 20.7. The summed E-state index contributed by atoms with van der Waals surface area (Å²) in [5.41, 5.74) is 16.6. The fourth-order valence-electron chi connectivity index (χ4n) is 4.40. The Hall–Kier alpha value is -3.39. The van der Waals surface area contributed by atoms with Crippen LogP contribution in [0.5, 0.6) is 0 Å². The molecule has 1 aromatic carbocycles. The minimum atomic E-state index is -0.193. The smallest absolute Gasteiger partial charge is 0.255 e. The second kappa shape index (κ2) is 8.77. The van der Waals surface area contributed by atoms with Crippen LogP contribution in [0, 0.1) is 12.3 Å². The predicted molar refractivity (Wildman–Crippen MR) is 125 cm³/mol. The van der Waals surface area contributed by atoms with Crippen molar-refractivity contribution in [1.82, 2.24) is 10.3 Å². The third kappa shape index (κ3) is 4.11. The highest BCUT2D eigenvalue weighted by molar-refractivity contribution is 6.14. The van der Waals surface area contributed by atoms with E-state index in [1.807, 2.05) is 31.2 Å². The topological polar surface area (TPSA) is 142 Å². The summed E-state index contributed by atoms with van der Waals surface area (Å²) in [7, 11) is 0. The number of anilines is 3. The average molecular weight is 420 g/mol. The number of carbonyl (C=O) groups is 1. The van der Waals surface area contributed by atoms with Gasteiger partial charge in [-0.15, -0.1) is 0 Å². The highest BCUT2D eigenvalue weighted by Crippen LogP contribution is 2.37. The maximum absolute atomic E-state index is 12.7. The van der Waals surface area contributed by atoms with Gasteiger partial charge in [-0.25, -0.2) is 4.98 Å². The van der Waals surface area contributed by atoms with Crippen molar-refractivity contribution in [2.75, 3.05) is 10.6 Å². The minimum absolute atomic E-state index is 0.0230. The molecular weight excluding hydrogens is 390 g/mol. The number of fused-ring (bicyclic) bond motifs is 1. The minimum Gasteiger partial charge on any atom is -0.404 e. The standard InChI is InChI=1S/C23H29N7O/c1-13-5-4-6-15(9-13)28-22-20-16(12-27-23(20)31)19(14(10-24)11-25)21(30-22)29-18-8-3-2-7-17(18)26/h4-6,9-11,17-18,24H,2-3,7-8,12,25-26H2,1H3,(H,27,31)(H2,28,29,30)/b14-11+,24-10?/t17-,18+/m0/s1. The Morgan fingerprint density at radius 3 is 2.81 bits per heavy atom. The van der Waals surface area contributed by atoms with Gasteiger partial charge < -0.3 is 32.8 Å². The Balaban J connectivity index is 1.85. The van der Waals surface area contributed by atoms with E-state index in [1.165, 1.54) is 12.4 Å². The molecule has 2 aromatic rings. The molecule has 0 bridgehead atoms. The maximum Gasteiger partial charge on any atom is 0.255 e. The zero-order chi connectivity index (χ0) is 22.0. The Kier molecular flexibility index (Phi) is 5.90. The van der Waals surface area contributed by atoms with Gasteiger partial charge in [-0.2, -0.15) is 0 Å². The van der Waals surface area contributed by atoms with Gasteiger partial charge in [0.25, 0.3) is 5.91 Å². The number of nitrogens with zero attached hydrogens (tertiary/aromatic N) is 1. The Morgan fingerprint density at radius 2 is 2.10 bits per heavy atom. The van der Waals surface area contributed by atoms with Crippen molar-refractivity contribution in [1.29, 1.82) is 5.41 Å². The summed E-state index contributed by atoms with van der Waals surface area (Å²) in [6.45, 7) is 2.36. The molecule has 0 radical (unpaired) electrons. The zero-order valence-electron chi connectivity index (χ0n) is 17.7. The van der Waals surface area contributed by atoms with Crippen LogP contribution < -0.4 is 27.4 Å². The number of aryl methyl sites for hydroxylation is 1. The Morgan fingerprint density at radius 1 is 1.29 bits per heavy atom. The van der Waals surface area contributed by atoms with Crippen LogP contribution in [0.25, 0.3) is 5.57 Å². The average Bonchev–Trinajstić information content (AvgIpc) is 3.14. The van der Waals surface area contributed by atoms with Crippen LogP contribution >= 0.6 is 0 Å². The molecule has 8 heteroatoms. The van der Waals surface area contributed by atoms with Gasteiger partial charge >= 0.3 is 0 Å². The second-order valence-electron chi connectivity index (χ2n) is 8.18. The lowest BCUT2D eigenvalue weighted by Crippen LogP contribution is -2.43. The number of aromatic nitrogens is 1. The Bertz CT molecular complexity index is 1050. The molecule has 4 rings (SSSR count). The molecule has 0 spiro atoms. The summed E-state index contributed by atoms with van der Waals surface area (Å²) >= 11 is 0. The number of carbonyl (C=O) groups excluding carboxylic acids is 1. The van der Waals surface area contributed by atoms with Crippen LogP contribution in [0.4, 0.5) is 17.3 Å². The highest BCUT2D eigenvalue weighted by atomic mass is 16.1. The molecule has 2 atom stereocenters. The van der Waals surface area contributed by atoms with E-state index in [-0.39, 0.29) is 18.0 Å². The number of hydrogen-bond acceptors (Lipinski definition) is 7. The number of pyridine rings is 1. The monoisotopic (exact) mass is 419 g/mol. The van der Waals surface area contributed by atoms with Gasteiger partial charge in [0.15, 0.2) is 0 Å². The van der Waals surface area contributed by atoms with Gasteiger partial charge in [-0.1, -0.05) is 25.0 Å². The molecule has 0 saturated heterocycles. The van der Waals surface area contributed by atoms with E-state index in [4.69, 9.17) is 21.9 Å². The molecule has 0 unspecified atom stereocenters. The third-order valence-electron chi connectivity index (χ3n) is 6.00. The summed E-state index contributed by atoms with van der Waals surface area (Å²) in [6, 6.07) is 8.00. The SMILES string of the molecule is Cc1cccc(Nc2nc(N[C@@H]3CCCC[C@@H]3N)c(/C(C=N)=C/N)c3c2C(=O)NC3)c1. The lowest BCUT2D eigenvalue weighted by atomic mass is 9.90. The first-order chi connectivity index (χ1) is 15.0. The van der Waals surface area contributed by atoms with Crippen LogP contribution in [0.2, 0.25) is 0 Å². The molecule has 31 heavy (non-hydrogen) atoms. The maximum atomic E-state index is 12.7. The lowest BCUT2D eigenvalue weighted by Gasteiger charge is -2.31. The van der Waals surface area contributed by atoms with Crippen molar-refractivity contribution in [3.8, 4) is 0 Å². The van der Waals surface area contributed by atoms with Crippen molar-refractivity contribution in [3.63, 3.8) is 0 Å². The molecule has 1 aromatic heterocycles. The molecule has 2 heterocycles. The first kappa shape index (κ1) is 20.9. The summed E-state index contributed by atoms with van der Waals surface area (Å²) in [4.78, 5) is 17.5. The van der Waals surface area contributed by atoms with Gasteiger partial charge in [0.1, 0.15) is 11.6 Å². The van der Waals surface area contributed by atoms with E-state index in [0.29, 0.717) is 34.9 Å². The lowest BCUT2D eigenvalue weighted by molar-refractivity contribution is 0.0966. The van der Waals surface area contributed by atoms with Crippen molar-refractivity contribution >= 4 is 35.0 Å². The molecule has 162 valence electrons. The molecule has 1 aliphatic heterocycles. The van der Waals surface area contributed by atoms with E-state index in [1.54, 1.807) is 0 Å². The number of hydrogen-bond donors (Lipinski definition) is 6. The summed E-state index contributed by atoms with van der Waals surface area (Å²) in [5, 5.41) is 17.6. The number of allylic oxidation sites excluding steroid dienone is 1. The second-order valence-corrected chi connectivity index (χ2v) is 8.18. The zero-order valence-corrected chi connectivity index (χ0v) is 17.7. The molecule has 1 fully saturated rings. The van der Waals surface area contributed by atoms with Crippen molar-refractivity contribution < 1.29 is 4.79 Å². The number of rotatable bonds is 6. The van der Waals surface area contributed by atoms with E-state index >= 15 is 0 Å². The van der Waals surface area contributed by atoms with Gasteiger partial charge in [-0.05, 0) is 43.0 Å². The van der Waals surface area contributed by atoms with Gasteiger partial charge in [0, 0.05) is 47.9 Å². The van der Waals surface area contributed by atoms with Crippen LogP contribution in [0.1, 0.15) is 52.7 Å². The van der Waals surface area contributed by atoms with Crippen LogP contribution in [0.3, 0.4) is 0 Å². The quantitative estimate of drug-likeness (QED) is 0.398. The predicted octanol–water partition coefficient (Wildman–Crippen LogP) is 3.01. The first-order valence-corrected chi connectivity index (χ1v) is 10.7. The molecule has 2 aliphatic rings. The molecular formula is C23H29N7O. The molecule has 1 aliphatic carbocycles. The van der Waals surface area contributed by atoms with E-state index < -0.39 is 0 Å². The van der Waals surface area contributed by atoms with Gasteiger partial charge in [0.2, 0.25) is 0 Å². The first-order valence-electron chi connectivity index (χ1n) is 10.7. The summed E-state index contributed by atoms with van der Waals surface area (Å²) < 4.78 is 0. The summed E-state index contributed by atoms with van der Waals surface area (Å²) in [5.74, 6) is 0.877. The van der Waals surface area contributed by atoms with Crippen LogP contribution in [-0.2, 0) is 6.54 Å². The van der Waals surface area contributed by atoms with Crippen LogP contribution in [0.15, 0.2) is 30.5 Å². The molecule has 1 saturated carbocycles. The van der Waals surface area contributed by atoms with E-state index in [2.05, 4.69) is 16.0 Å². The molecule has 1 amide bonds. The van der Waals surface area contributed by atoms with Crippen molar-refractivity contribution in [2.24, 2.45) is 11.5 Å². The fraction of sp³-hybridized carbons (Fsp3) is 0.348. The van der Waals surface area contributed by atoms with E-state index in [9.17, 15) is 4.79 Å². The largest absolute Gasteiger partial charge is 0.404 e. The fourth-order valence-corrected chi connectivity index (χ4v) is 4.40. The number of benzene rings is 1. The number of nitrogens with one attached hydrogen (secondary N) is 4. The third-order valence-corrected chi connectivity index (χ3v) is 6.00. The van der Waals surface area contributed by atoms with Crippen molar-refractivity contribution in [3.05, 3.63) is 52.7 Å². The van der Waals surface area contributed by atoms with Gasteiger partial charge in [0.05, 0.1) is 5.56 Å². The number of amides is 1. The van der Waals surface area contributed by atoms with Crippen LogP contribution in [-0.4, -0.2) is 29.2 Å². The van der Waals surface area contributed by atoms with Gasteiger partial charge in [-0.3, -0.25) is 4.79 Å².